The highest BCUT2D eigenvalue weighted by molar-refractivity contribution is 6.33. The van der Waals surface area contributed by atoms with Crippen LogP contribution in [0.5, 0.6) is 5.75 Å². The quantitative estimate of drug-likeness (QED) is 0.263. The summed E-state index contributed by atoms with van der Waals surface area (Å²) in [6.07, 6.45) is 2.09. The number of alkyl halides is 2. The van der Waals surface area contributed by atoms with Gasteiger partial charge in [-0.15, -0.1) is 0 Å². The number of aliphatic imine (C=N–C) groups is 1. The molecule has 0 radical (unpaired) electrons. The molecule has 2 amide bonds. The van der Waals surface area contributed by atoms with Crippen LogP contribution in [0.25, 0.3) is 0 Å². The zero-order chi connectivity index (χ0) is 27.3. The molecule has 3 rings (SSSR count). The zero-order valence-electron chi connectivity index (χ0n) is 21.7. The van der Waals surface area contributed by atoms with E-state index in [9.17, 15) is 18.4 Å². The number of anilines is 1. The lowest BCUT2D eigenvalue weighted by molar-refractivity contribution is -0.128. The lowest BCUT2D eigenvalue weighted by atomic mass is 9.95. The molecule has 37 heavy (non-hydrogen) atoms. The van der Waals surface area contributed by atoms with Crippen LogP contribution >= 0.6 is 11.6 Å². The van der Waals surface area contributed by atoms with Gasteiger partial charge in [0.25, 0.3) is 5.91 Å². The van der Waals surface area contributed by atoms with Crippen molar-refractivity contribution < 1.29 is 23.1 Å². The Labute approximate surface area is 221 Å². The van der Waals surface area contributed by atoms with Crippen LogP contribution in [0.4, 0.5) is 20.2 Å². The number of carbonyl (C=O) groups is 2. The fourth-order valence-electron chi connectivity index (χ4n) is 3.44. The molecule has 1 aliphatic carbocycles. The Kier molecular flexibility index (Phi) is 9.12. The summed E-state index contributed by atoms with van der Waals surface area (Å²) in [6, 6.07) is 8.19. The maximum absolute atomic E-state index is 13.0. The fraction of sp³-hybridized carbons (Fsp3) is 0.444. The molecule has 1 fully saturated rings. The fourth-order valence-corrected chi connectivity index (χ4v) is 3.61. The van der Waals surface area contributed by atoms with Crippen molar-refractivity contribution in [3.05, 3.63) is 52.0 Å². The van der Waals surface area contributed by atoms with Gasteiger partial charge in [0.2, 0.25) is 5.91 Å². The number of amides is 2. The van der Waals surface area contributed by atoms with Gasteiger partial charge in [0.1, 0.15) is 11.6 Å². The largest absolute Gasteiger partial charge is 0.434 e. The van der Waals surface area contributed by atoms with Crippen molar-refractivity contribution in [3.8, 4) is 5.75 Å². The van der Waals surface area contributed by atoms with E-state index in [-0.39, 0.29) is 17.2 Å². The number of aryl methyl sites for hydroxylation is 1. The van der Waals surface area contributed by atoms with E-state index in [0.717, 1.165) is 18.4 Å². The van der Waals surface area contributed by atoms with E-state index in [1.807, 2.05) is 32.9 Å². The van der Waals surface area contributed by atoms with E-state index in [1.54, 1.807) is 19.9 Å². The highest BCUT2D eigenvalue weighted by Crippen LogP contribution is 2.32. The van der Waals surface area contributed by atoms with E-state index in [4.69, 9.17) is 11.6 Å². The monoisotopic (exact) mass is 534 g/mol. The topological polar surface area (TPSA) is 91.8 Å². The summed E-state index contributed by atoms with van der Waals surface area (Å²) in [5, 5.41) is 9.28. The summed E-state index contributed by atoms with van der Waals surface area (Å²) in [6.45, 7) is 6.71. The highest BCUT2D eigenvalue weighted by Gasteiger charge is 2.24. The smallest absolute Gasteiger partial charge is 0.387 e. The molecule has 0 saturated heterocycles. The molecule has 7 nitrogen and oxygen atoms in total. The Morgan fingerprint density at radius 3 is 2.49 bits per heavy atom. The summed E-state index contributed by atoms with van der Waals surface area (Å²) in [5.74, 6) is 0.144. The van der Waals surface area contributed by atoms with Crippen LogP contribution < -0.4 is 20.7 Å². The first-order valence-corrected chi connectivity index (χ1v) is 12.5. The van der Waals surface area contributed by atoms with Crippen molar-refractivity contribution in [2.24, 2.45) is 16.3 Å². The summed E-state index contributed by atoms with van der Waals surface area (Å²) in [7, 11) is 0. The van der Waals surface area contributed by atoms with E-state index in [1.165, 1.54) is 12.1 Å². The molecule has 0 atom stereocenters. The molecule has 200 valence electrons. The third-order valence-corrected chi connectivity index (χ3v) is 6.11. The van der Waals surface area contributed by atoms with Gasteiger partial charge in [0, 0.05) is 18.5 Å². The Morgan fingerprint density at radius 1 is 1.16 bits per heavy atom. The number of hydrogen-bond acceptors (Lipinski definition) is 4. The predicted octanol–water partition coefficient (Wildman–Crippen LogP) is 6.21. The van der Waals surface area contributed by atoms with Gasteiger partial charge in [-0.25, -0.2) is 4.99 Å². The maximum Gasteiger partial charge on any atom is 0.387 e. The van der Waals surface area contributed by atoms with Crippen LogP contribution in [-0.4, -0.2) is 30.8 Å². The standard InChI is InChI=1S/C27H33ClF2N4O3/c1-15-10-23(37-26(29)30)19(24(35)31-13-17-6-7-17)12-21(15)33-16(2)34-22-11-18(8-9-20(22)28)14-32-25(36)27(3,4)5/h8-12,17,26H,6-7,13-14H2,1-5H3,(H,31,35)(H,32,36)(H,33,34). The molecule has 0 aromatic heterocycles. The second-order valence-corrected chi connectivity index (χ2v) is 10.6. The van der Waals surface area contributed by atoms with Gasteiger partial charge in [0.15, 0.2) is 0 Å². The molecule has 2 aromatic carbocycles. The Morgan fingerprint density at radius 2 is 1.86 bits per heavy atom. The number of nitrogens with one attached hydrogen (secondary N) is 3. The van der Waals surface area contributed by atoms with Crippen LogP contribution in [0.15, 0.2) is 35.3 Å². The van der Waals surface area contributed by atoms with Gasteiger partial charge >= 0.3 is 6.61 Å². The van der Waals surface area contributed by atoms with Gasteiger partial charge in [0.05, 0.1) is 22.0 Å². The molecule has 0 heterocycles. The van der Waals surface area contributed by atoms with Crippen molar-refractivity contribution >= 4 is 40.6 Å². The minimum Gasteiger partial charge on any atom is -0.434 e. The first kappa shape index (κ1) is 28.4. The molecule has 3 N–H and O–H groups in total. The minimum absolute atomic E-state index is 0.00674. The third kappa shape index (κ3) is 8.42. The van der Waals surface area contributed by atoms with E-state index >= 15 is 0 Å². The molecular formula is C27H33ClF2N4O3. The van der Waals surface area contributed by atoms with Crippen molar-refractivity contribution in [1.82, 2.24) is 10.6 Å². The Bertz CT molecular complexity index is 1190. The first-order valence-electron chi connectivity index (χ1n) is 12.1. The lowest BCUT2D eigenvalue weighted by Crippen LogP contribution is -2.34. The summed E-state index contributed by atoms with van der Waals surface area (Å²) < 4.78 is 30.6. The average molecular weight is 535 g/mol. The minimum atomic E-state index is -3.06. The number of benzene rings is 2. The van der Waals surface area contributed by atoms with Crippen molar-refractivity contribution in [2.45, 2.75) is 60.6 Å². The van der Waals surface area contributed by atoms with E-state index in [2.05, 4.69) is 25.7 Å². The zero-order valence-corrected chi connectivity index (χ0v) is 22.4. The van der Waals surface area contributed by atoms with Gasteiger partial charge < -0.3 is 20.7 Å². The van der Waals surface area contributed by atoms with Crippen molar-refractivity contribution in [1.29, 1.82) is 0 Å². The Balaban J connectivity index is 1.80. The molecule has 0 bridgehead atoms. The average Bonchev–Trinajstić information content (AvgIpc) is 3.63. The number of rotatable bonds is 9. The number of halogens is 3. The number of carbonyl (C=O) groups excluding carboxylic acids is 2. The Hall–Kier alpha value is -3.20. The third-order valence-electron chi connectivity index (χ3n) is 5.78. The molecule has 0 unspecified atom stereocenters. The van der Waals surface area contributed by atoms with Gasteiger partial charge in [-0.05, 0) is 68.0 Å². The lowest BCUT2D eigenvalue weighted by Gasteiger charge is -2.18. The number of ether oxygens (including phenoxy) is 1. The highest BCUT2D eigenvalue weighted by atomic mass is 35.5. The summed E-state index contributed by atoms with van der Waals surface area (Å²) >= 11 is 6.37. The maximum atomic E-state index is 13.0. The van der Waals surface area contributed by atoms with Crippen LogP contribution in [0, 0.1) is 18.3 Å². The van der Waals surface area contributed by atoms with E-state index < -0.39 is 17.9 Å². The van der Waals surface area contributed by atoms with Crippen LogP contribution in [0.3, 0.4) is 0 Å². The normalized spacial score (nSPS) is 13.9. The van der Waals surface area contributed by atoms with Crippen molar-refractivity contribution in [2.75, 3.05) is 11.9 Å². The first-order chi connectivity index (χ1) is 17.3. The molecular weight excluding hydrogens is 502 g/mol. The van der Waals surface area contributed by atoms with Gasteiger partial charge in [-0.3, -0.25) is 9.59 Å². The second-order valence-electron chi connectivity index (χ2n) is 10.2. The number of amidine groups is 1. The van der Waals surface area contributed by atoms with Crippen LogP contribution in [-0.2, 0) is 11.3 Å². The number of hydrogen-bond donors (Lipinski definition) is 3. The van der Waals surface area contributed by atoms with Gasteiger partial charge in [-0.1, -0.05) is 38.4 Å². The van der Waals surface area contributed by atoms with Gasteiger partial charge in [-0.2, -0.15) is 8.78 Å². The molecule has 0 aliphatic heterocycles. The molecule has 2 aromatic rings. The van der Waals surface area contributed by atoms with Crippen molar-refractivity contribution in [3.63, 3.8) is 0 Å². The summed E-state index contributed by atoms with van der Waals surface area (Å²) in [5.41, 5.74) is 1.90. The molecule has 0 spiro atoms. The molecule has 1 aliphatic rings. The van der Waals surface area contributed by atoms with E-state index in [0.29, 0.717) is 46.8 Å². The molecule has 10 heteroatoms. The van der Waals surface area contributed by atoms with Crippen LogP contribution in [0.2, 0.25) is 5.02 Å². The predicted molar refractivity (Wildman–Crippen MR) is 142 cm³/mol. The molecule has 1 saturated carbocycles. The number of nitrogens with zero attached hydrogens (tertiary/aromatic N) is 1. The van der Waals surface area contributed by atoms with Crippen LogP contribution in [0.1, 0.15) is 62.0 Å². The second kappa shape index (κ2) is 11.9. The SMILES string of the molecule is CC(=Nc1cc(C(=O)NCC2CC2)c(OC(F)F)cc1C)Nc1cc(CNC(=O)C(C)(C)C)ccc1Cl. The summed E-state index contributed by atoms with van der Waals surface area (Å²) in [4.78, 5) is 29.5.